The van der Waals surface area contributed by atoms with Crippen molar-refractivity contribution < 1.29 is 13.2 Å². The standard InChI is InChI=1S/C12H12N2O3S/c1-18(15,16)11-4-2-3-9(7-11)17-10-5-6-12(13)14-8-10/h2-8H,1H3,(H2,13,14). The van der Waals surface area contributed by atoms with Crippen LogP contribution in [0.5, 0.6) is 11.5 Å². The third-order valence-electron chi connectivity index (χ3n) is 2.23. The van der Waals surface area contributed by atoms with E-state index in [1.807, 2.05) is 0 Å². The lowest BCUT2D eigenvalue weighted by Crippen LogP contribution is -1.97. The summed E-state index contributed by atoms with van der Waals surface area (Å²) in [6.45, 7) is 0. The van der Waals surface area contributed by atoms with Crippen LogP contribution in [0.1, 0.15) is 0 Å². The minimum absolute atomic E-state index is 0.211. The van der Waals surface area contributed by atoms with Gasteiger partial charge in [-0.1, -0.05) is 6.07 Å². The summed E-state index contributed by atoms with van der Waals surface area (Å²) in [5.74, 6) is 1.33. The largest absolute Gasteiger partial charge is 0.456 e. The number of hydrogen-bond acceptors (Lipinski definition) is 5. The van der Waals surface area contributed by atoms with Crippen molar-refractivity contribution in [2.45, 2.75) is 4.90 Å². The van der Waals surface area contributed by atoms with Crippen LogP contribution in [0, 0.1) is 0 Å². The summed E-state index contributed by atoms with van der Waals surface area (Å²) in [6, 6.07) is 9.54. The summed E-state index contributed by atoms with van der Waals surface area (Å²) >= 11 is 0. The zero-order valence-electron chi connectivity index (χ0n) is 9.70. The van der Waals surface area contributed by atoms with E-state index in [2.05, 4.69) is 4.98 Å². The van der Waals surface area contributed by atoms with E-state index in [0.717, 1.165) is 6.26 Å². The van der Waals surface area contributed by atoms with E-state index in [9.17, 15) is 8.42 Å². The van der Waals surface area contributed by atoms with Gasteiger partial charge < -0.3 is 10.5 Å². The highest BCUT2D eigenvalue weighted by atomic mass is 32.2. The van der Waals surface area contributed by atoms with Crippen molar-refractivity contribution in [1.82, 2.24) is 4.98 Å². The number of rotatable bonds is 3. The molecule has 0 amide bonds. The predicted octanol–water partition coefficient (Wildman–Crippen LogP) is 1.86. The molecule has 0 fully saturated rings. The third kappa shape index (κ3) is 2.98. The number of ether oxygens (including phenoxy) is 1. The fourth-order valence-electron chi connectivity index (χ4n) is 1.36. The fraction of sp³-hybridized carbons (Fsp3) is 0.0833. The molecule has 94 valence electrons. The molecule has 0 aliphatic carbocycles. The first-order chi connectivity index (χ1) is 8.45. The van der Waals surface area contributed by atoms with Crippen LogP contribution < -0.4 is 10.5 Å². The average molecular weight is 264 g/mol. The van der Waals surface area contributed by atoms with E-state index in [0.29, 0.717) is 17.3 Å². The molecule has 1 heterocycles. The Labute approximate surface area is 105 Å². The Morgan fingerprint density at radius 2 is 1.94 bits per heavy atom. The van der Waals surface area contributed by atoms with E-state index in [-0.39, 0.29) is 4.90 Å². The van der Waals surface area contributed by atoms with E-state index >= 15 is 0 Å². The highest BCUT2D eigenvalue weighted by molar-refractivity contribution is 7.90. The second kappa shape index (κ2) is 4.66. The first-order valence-corrected chi connectivity index (χ1v) is 7.04. The van der Waals surface area contributed by atoms with Gasteiger partial charge in [0.25, 0.3) is 0 Å². The maximum atomic E-state index is 11.4. The monoisotopic (exact) mass is 264 g/mol. The third-order valence-corrected chi connectivity index (χ3v) is 3.34. The van der Waals surface area contributed by atoms with Gasteiger partial charge in [-0.15, -0.1) is 0 Å². The Balaban J connectivity index is 2.27. The van der Waals surface area contributed by atoms with Crippen LogP contribution in [0.3, 0.4) is 0 Å². The Kier molecular flexibility index (Phi) is 3.20. The zero-order valence-corrected chi connectivity index (χ0v) is 10.5. The summed E-state index contributed by atoms with van der Waals surface area (Å²) in [7, 11) is -3.24. The highest BCUT2D eigenvalue weighted by Gasteiger charge is 2.08. The number of nitrogens with zero attached hydrogens (tertiary/aromatic N) is 1. The topological polar surface area (TPSA) is 82.3 Å². The van der Waals surface area contributed by atoms with Crippen LogP contribution in [-0.2, 0) is 9.84 Å². The maximum Gasteiger partial charge on any atom is 0.175 e. The van der Waals surface area contributed by atoms with Crippen molar-refractivity contribution in [3.8, 4) is 11.5 Å². The van der Waals surface area contributed by atoms with Crippen molar-refractivity contribution in [2.24, 2.45) is 0 Å². The van der Waals surface area contributed by atoms with Crippen LogP contribution in [0.4, 0.5) is 5.82 Å². The Bertz CT molecular complexity index is 651. The molecule has 5 nitrogen and oxygen atoms in total. The molecule has 0 bridgehead atoms. The first kappa shape index (κ1) is 12.4. The molecule has 0 unspecified atom stereocenters. The number of hydrogen-bond donors (Lipinski definition) is 1. The molecule has 1 aromatic carbocycles. The first-order valence-electron chi connectivity index (χ1n) is 5.15. The minimum atomic E-state index is -3.24. The van der Waals surface area contributed by atoms with Crippen LogP contribution in [0.2, 0.25) is 0 Å². The number of sulfone groups is 1. The second-order valence-electron chi connectivity index (χ2n) is 3.77. The van der Waals surface area contributed by atoms with Crippen LogP contribution in [0.15, 0.2) is 47.5 Å². The molecule has 2 rings (SSSR count). The summed E-state index contributed by atoms with van der Waals surface area (Å²) in [5.41, 5.74) is 5.46. The number of nitrogen functional groups attached to an aromatic ring is 1. The lowest BCUT2D eigenvalue weighted by molar-refractivity contribution is 0.478. The van der Waals surface area contributed by atoms with Gasteiger partial charge in [0.15, 0.2) is 9.84 Å². The Morgan fingerprint density at radius 3 is 2.56 bits per heavy atom. The van der Waals surface area contributed by atoms with Crippen molar-refractivity contribution in [3.05, 3.63) is 42.6 Å². The molecular weight excluding hydrogens is 252 g/mol. The second-order valence-corrected chi connectivity index (χ2v) is 5.78. The summed E-state index contributed by atoms with van der Waals surface area (Å²) in [5, 5.41) is 0. The van der Waals surface area contributed by atoms with Gasteiger partial charge in [0.1, 0.15) is 17.3 Å². The van der Waals surface area contributed by atoms with E-state index in [4.69, 9.17) is 10.5 Å². The lowest BCUT2D eigenvalue weighted by atomic mass is 10.3. The predicted molar refractivity (Wildman–Crippen MR) is 68.3 cm³/mol. The summed E-state index contributed by atoms with van der Waals surface area (Å²) in [6.07, 6.45) is 2.62. The van der Waals surface area contributed by atoms with Gasteiger partial charge in [0.2, 0.25) is 0 Å². The molecule has 0 radical (unpaired) electrons. The molecule has 0 saturated carbocycles. The van der Waals surface area contributed by atoms with Gasteiger partial charge in [0.05, 0.1) is 11.1 Å². The molecule has 2 aromatic rings. The van der Waals surface area contributed by atoms with E-state index in [1.165, 1.54) is 18.3 Å². The molecule has 1 aromatic heterocycles. The number of pyridine rings is 1. The molecular formula is C12H12N2O3S. The van der Waals surface area contributed by atoms with Gasteiger partial charge in [-0.2, -0.15) is 0 Å². The Hall–Kier alpha value is -2.08. The number of benzene rings is 1. The molecule has 0 aliphatic heterocycles. The average Bonchev–Trinajstić information content (AvgIpc) is 2.31. The van der Waals surface area contributed by atoms with Crippen molar-refractivity contribution in [3.63, 3.8) is 0 Å². The van der Waals surface area contributed by atoms with Gasteiger partial charge in [0, 0.05) is 6.26 Å². The molecule has 0 aliphatic rings. The minimum Gasteiger partial charge on any atom is -0.456 e. The van der Waals surface area contributed by atoms with Crippen LogP contribution in [0.25, 0.3) is 0 Å². The normalized spacial score (nSPS) is 11.2. The summed E-state index contributed by atoms with van der Waals surface area (Å²) in [4.78, 5) is 4.09. The Morgan fingerprint density at radius 1 is 1.17 bits per heavy atom. The van der Waals surface area contributed by atoms with E-state index < -0.39 is 9.84 Å². The number of aromatic nitrogens is 1. The molecule has 18 heavy (non-hydrogen) atoms. The quantitative estimate of drug-likeness (QED) is 0.915. The zero-order chi connectivity index (χ0) is 13.2. The maximum absolute atomic E-state index is 11.4. The van der Waals surface area contributed by atoms with Crippen molar-refractivity contribution in [1.29, 1.82) is 0 Å². The van der Waals surface area contributed by atoms with Gasteiger partial charge in [-0.3, -0.25) is 0 Å². The SMILES string of the molecule is CS(=O)(=O)c1cccc(Oc2ccc(N)nc2)c1. The van der Waals surface area contributed by atoms with Crippen LogP contribution >= 0.6 is 0 Å². The van der Waals surface area contributed by atoms with Gasteiger partial charge >= 0.3 is 0 Å². The molecule has 0 saturated heterocycles. The van der Waals surface area contributed by atoms with E-state index in [1.54, 1.807) is 24.3 Å². The number of anilines is 1. The smallest absolute Gasteiger partial charge is 0.175 e. The summed E-state index contributed by atoms with van der Waals surface area (Å²) < 4.78 is 28.3. The molecule has 6 heteroatoms. The highest BCUT2D eigenvalue weighted by Crippen LogP contribution is 2.23. The lowest BCUT2D eigenvalue weighted by Gasteiger charge is -2.06. The van der Waals surface area contributed by atoms with Crippen molar-refractivity contribution >= 4 is 15.7 Å². The molecule has 2 N–H and O–H groups in total. The fourth-order valence-corrected chi connectivity index (χ4v) is 2.01. The van der Waals surface area contributed by atoms with Crippen molar-refractivity contribution in [2.75, 3.05) is 12.0 Å². The number of nitrogens with two attached hydrogens (primary N) is 1. The molecule has 0 atom stereocenters. The van der Waals surface area contributed by atoms with Gasteiger partial charge in [-0.25, -0.2) is 13.4 Å². The molecule has 0 spiro atoms. The van der Waals surface area contributed by atoms with Gasteiger partial charge in [-0.05, 0) is 30.3 Å². The van der Waals surface area contributed by atoms with Crippen LogP contribution in [-0.4, -0.2) is 19.7 Å².